The highest BCUT2D eigenvalue weighted by Gasteiger charge is 2.80. The van der Waals surface area contributed by atoms with Crippen molar-refractivity contribution in [2.45, 2.75) is 64.8 Å². The largest absolute Gasteiger partial charge is 0.364 e. The summed E-state index contributed by atoms with van der Waals surface area (Å²) in [5, 5.41) is 0. The Morgan fingerprint density at radius 1 is 1.27 bits per heavy atom. The van der Waals surface area contributed by atoms with Gasteiger partial charge in [-0.1, -0.05) is 19.9 Å². The first-order chi connectivity index (χ1) is 12.1. The third-order valence-electron chi connectivity index (χ3n) is 8.70. The highest BCUT2D eigenvalue weighted by Crippen LogP contribution is 2.76. The van der Waals surface area contributed by atoms with Crippen LogP contribution in [0.5, 0.6) is 0 Å². The molecule has 0 aromatic carbocycles. The molecule has 1 saturated heterocycles. The molecule has 0 amide bonds. The minimum atomic E-state index is -1.11. The van der Waals surface area contributed by atoms with Crippen molar-refractivity contribution in [3.63, 3.8) is 0 Å². The lowest BCUT2D eigenvalue weighted by atomic mass is 9.47. The highest BCUT2D eigenvalue weighted by atomic mass is 19.1. The average Bonchev–Trinajstić information content (AvgIpc) is 3.19. The normalized spacial score (nSPS) is 56.8. The summed E-state index contributed by atoms with van der Waals surface area (Å²) < 4.78 is 21.7. The summed E-state index contributed by atoms with van der Waals surface area (Å²) in [6.45, 7) is 8.17. The molecule has 0 bridgehead atoms. The van der Waals surface area contributed by atoms with E-state index in [-0.39, 0.29) is 34.9 Å². The molecule has 4 heteroatoms. The molecule has 1 spiro atoms. The highest BCUT2D eigenvalue weighted by molar-refractivity contribution is 6.01. The predicted octanol–water partition coefficient (Wildman–Crippen LogP) is 3.82. The summed E-state index contributed by atoms with van der Waals surface area (Å²) in [5.41, 5.74) is -0.450. The van der Waals surface area contributed by atoms with Gasteiger partial charge in [0, 0.05) is 11.3 Å². The Labute approximate surface area is 154 Å². The van der Waals surface area contributed by atoms with E-state index in [0.29, 0.717) is 23.8 Å². The number of ketones is 2. The quantitative estimate of drug-likeness (QED) is 0.670. The fourth-order valence-electron chi connectivity index (χ4n) is 7.87. The Bertz CT molecular complexity index is 784. The molecule has 5 aliphatic rings. The number of carbonyl (C=O) groups is 2. The van der Waals surface area contributed by atoms with E-state index < -0.39 is 17.2 Å². The van der Waals surface area contributed by atoms with Crippen molar-refractivity contribution >= 4 is 11.6 Å². The predicted molar refractivity (Wildman–Crippen MR) is 95.1 cm³/mol. The number of halogens is 1. The van der Waals surface area contributed by atoms with Gasteiger partial charge in [-0.05, 0) is 74.0 Å². The van der Waals surface area contributed by atoms with Gasteiger partial charge in [0.05, 0.1) is 6.10 Å². The topological polar surface area (TPSA) is 46.7 Å². The van der Waals surface area contributed by atoms with Gasteiger partial charge in [-0.3, -0.25) is 9.59 Å². The maximum atomic E-state index is 15.3. The van der Waals surface area contributed by atoms with Crippen LogP contribution in [0.2, 0.25) is 0 Å². The van der Waals surface area contributed by atoms with Crippen LogP contribution in [0.4, 0.5) is 4.39 Å². The van der Waals surface area contributed by atoms with Crippen LogP contribution < -0.4 is 0 Å². The summed E-state index contributed by atoms with van der Waals surface area (Å²) in [6.07, 6.45) is 6.16. The van der Waals surface area contributed by atoms with Crippen LogP contribution in [0.25, 0.3) is 0 Å². The molecule has 1 heterocycles. The molecule has 0 aromatic heterocycles. The Morgan fingerprint density at radius 3 is 2.69 bits per heavy atom. The second-order valence-corrected chi connectivity index (χ2v) is 9.86. The van der Waals surface area contributed by atoms with Gasteiger partial charge in [0.25, 0.3) is 0 Å². The molecule has 26 heavy (non-hydrogen) atoms. The summed E-state index contributed by atoms with van der Waals surface area (Å²) in [6, 6.07) is 0. The minimum Gasteiger partial charge on any atom is -0.364 e. The molecule has 140 valence electrons. The van der Waals surface area contributed by atoms with Crippen molar-refractivity contribution < 1.29 is 18.7 Å². The van der Waals surface area contributed by atoms with Crippen molar-refractivity contribution in [3.8, 4) is 0 Å². The van der Waals surface area contributed by atoms with E-state index in [4.69, 9.17) is 4.74 Å². The smallest absolute Gasteiger partial charge is 0.178 e. The summed E-state index contributed by atoms with van der Waals surface area (Å²) in [4.78, 5) is 24.3. The van der Waals surface area contributed by atoms with Crippen LogP contribution >= 0.6 is 0 Å². The van der Waals surface area contributed by atoms with Crippen LogP contribution in [0, 0.1) is 34.5 Å². The van der Waals surface area contributed by atoms with Gasteiger partial charge in [-0.2, -0.15) is 0 Å². The zero-order chi connectivity index (χ0) is 18.6. The number of Topliss-reactive ketones (excluding diaryl/α,β-unsaturated/α-hetero) is 1. The fourth-order valence-corrected chi connectivity index (χ4v) is 7.87. The molecular formula is C22H27FO3. The molecule has 3 unspecified atom stereocenters. The third-order valence-corrected chi connectivity index (χ3v) is 8.70. The van der Waals surface area contributed by atoms with Gasteiger partial charge >= 0.3 is 0 Å². The second-order valence-electron chi connectivity index (χ2n) is 9.86. The van der Waals surface area contributed by atoms with Gasteiger partial charge in [0.2, 0.25) is 0 Å². The van der Waals surface area contributed by atoms with E-state index in [1.165, 1.54) is 6.08 Å². The third kappa shape index (κ3) is 1.68. The maximum Gasteiger partial charge on any atom is 0.178 e. The van der Waals surface area contributed by atoms with Crippen LogP contribution in [0.3, 0.4) is 0 Å². The second kappa shape index (κ2) is 4.76. The molecule has 4 fully saturated rings. The number of ether oxygens (including phenoxy) is 1. The molecular weight excluding hydrogens is 331 g/mol. The Morgan fingerprint density at radius 2 is 2.00 bits per heavy atom. The number of fused-ring (bicyclic) bond motifs is 3. The Kier molecular flexibility index (Phi) is 3.08. The molecule has 0 aromatic rings. The molecule has 4 aliphatic carbocycles. The maximum absolute atomic E-state index is 15.3. The van der Waals surface area contributed by atoms with Crippen molar-refractivity contribution in [3.05, 3.63) is 23.8 Å². The summed E-state index contributed by atoms with van der Waals surface area (Å²) in [5.74, 6) is 0.919. The van der Waals surface area contributed by atoms with Gasteiger partial charge < -0.3 is 4.74 Å². The van der Waals surface area contributed by atoms with Crippen LogP contribution in [-0.2, 0) is 14.3 Å². The van der Waals surface area contributed by atoms with E-state index >= 15 is 4.39 Å². The molecule has 1 aliphatic heterocycles. The number of carbonyl (C=O) groups excluding carboxylic acids is 2. The van der Waals surface area contributed by atoms with Crippen molar-refractivity contribution in [2.24, 2.45) is 34.5 Å². The van der Waals surface area contributed by atoms with E-state index in [2.05, 4.69) is 13.8 Å². The SMILES string of the molecule is CC(=O)[C@H]1C(C)C[C@H]2[C@@H]3CC(F)C4=CC(=O)C=C[C@]4(C)[C@]34OC4C[C@]12C. The molecule has 9 atom stereocenters. The lowest BCUT2D eigenvalue weighted by Crippen LogP contribution is -2.59. The number of epoxide rings is 1. The van der Waals surface area contributed by atoms with E-state index in [0.717, 1.165) is 12.8 Å². The lowest BCUT2D eigenvalue weighted by molar-refractivity contribution is -0.127. The Balaban J connectivity index is 1.62. The first-order valence-electron chi connectivity index (χ1n) is 9.93. The van der Waals surface area contributed by atoms with Crippen LogP contribution in [0.15, 0.2) is 23.8 Å². The first-order valence-corrected chi connectivity index (χ1v) is 9.93. The van der Waals surface area contributed by atoms with Crippen LogP contribution in [0.1, 0.15) is 47.0 Å². The number of rotatable bonds is 1. The molecule has 0 N–H and O–H groups in total. The van der Waals surface area contributed by atoms with Gasteiger partial charge in [0.1, 0.15) is 17.6 Å². The first kappa shape index (κ1) is 16.9. The van der Waals surface area contributed by atoms with Crippen molar-refractivity contribution in [1.82, 2.24) is 0 Å². The summed E-state index contributed by atoms with van der Waals surface area (Å²) in [7, 11) is 0. The van der Waals surface area contributed by atoms with Crippen molar-refractivity contribution in [2.75, 3.05) is 0 Å². The van der Waals surface area contributed by atoms with Crippen molar-refractivity contribution in [1.29, 1.82) is 0 Å². The number of hydrogen-bond donors (Lipinski definition) is 0. The van der Waals surface area contributed by atoms with Gasteiger partial charge in [-0.25, -0.2) is 4.39 Å². The molecule has 5 rings (SSSR count). The molecule has 3 nitrogen and oxygen atoms in total. The zero-order valence-electron chi connectivity index (χ0n) is 15.9. The van der Waals surface area contributed by atoms with Gasteiger partial charge in [0.15, 0.2) is 5.78 Å². The minimum absolute atomic E-state index is 0.0426. The fraction of sp³-hybridized carbons (Fsp3) is 0.727. The zero-order valence-corrected chi connectivity index (χ0v) is 15.9. The molecule has 3 saturated carbocycles. The number of allylic oxidation sites excluding steroid dienone is 2. The number of hydrogen-bond acceptors (Lipinski definition) is 3. The van der Waals surface area contributed by atoms with E-state index in [9.17, 15) is 9.59 Å². The van der Waals surface area contributed by atoms with Gasteiger partial charge in [-0.15, -0.1) is 0 Å². The van der Waals surface area contributed by atoms with Crippen LogP contribution in [-0.4, -0.2) is 29.4 Å². The summed E-state index contributed by atoms with van der Waals surface area (Å²) >= 11 is 0. The number of alkyl halides is 1. The Hall–Kier alpha value is -1.29. The lowest BCUT2D eigenvalue weighted by Gasteiger charge is -2.55. The van der Waals surface area contributed by atoms with E-state index in [1.54, 1.807) is 13.0 Å². The standard InChI is InChI=1S/C22H27FO3/c1-11-7-14-15-9-17(23)16-8-13(25)5-6-21(16,4)22(15)18(26-22)10-20(14,3)19(11)12(2)24/h5-6,8,11,14-15,17-19H,7,9-10H2,1-4H3/t11?,14-,15-,17?,18?,19+,20-,21-,22-/m0/s1. The van der Waals surface area contributed by atoms with E-state index in [1.807, 2.05) is 13.0 Å². The molecule has 0 radical (unpaired) electrons. The average molecular weight is 358 g/mol. The monoisotopic (exact) mass is 358 g/mol.